The quantitative estimate of drug-likeness (QED) is 0.503. The summed E-state index contributed by atoms with van der Waals surface area (Å²) < 4.78 is 10.7. The summed E-state index contributed by atoms with van der Waals surface area (Å²) in [6.45, 7) is 0.717. The number of fused-ring (bicyclic) bond motifs is 2. The van der Waals surface area contributed by atoms with Crippen molar-refractivity contribution in [3.05, 3.63) is 82.9 Å². The van der Waals surface area contributed by atoms with Crippen LogP contribution in [0.3, 0.4) is 0 Å². The van der Waals surface area contributed by atoms with E-state index in [0.29, 0.717) is 41.1 Å². The van der Waals surface area contributed by atoms with Crippen LogP contribution in [-0.4, -0.2) is 43.4 Å². The van der Waals surface area contributed by atoms with Gasteiger partial charge in [0.05, 0.1) is 26.5 Å². The van der Waals surface area contributed by atoms with Crippen molar-refractivity contribution in [1.29, 1.82) is 0 Å². The summed E-state index contributed by atoms with van der Waals surface area (Å²) in [6, 6.07) is 19.8. The predicted octanol–water partition coefficient (Wildman–Crippen LogP) is 5.34. The maximum Gasteiger partial charge on any atom is 0.323 e. The Bertz CT molecular complexity index is 1300. The highest BCUT2D eigenvalue weighted by molar-refractivity contribution is 8.01. The van der Waals surface area contributed by atoms with Gasteiger partial charge in [-0.2, -0.15) is 0 Å². The van der Waals surface area contributed by atoms with E-state index in [9.17, 15) is 9.59 Å². The first kappa shape index (κ1) is 23.4. The Balaban J connectivity index is 1.54. The molecule has 7 nitrogen and oxygen atoms in total. The van der Waals surface area contributed by atoms with E-state index in [-0.39, 0.29) is 11.9 Å². The first-order valence-corrected chi connectivity index (χ1v) is 12.4. The van der Waals surface area contributed by atoms with E-state index < -0.39 is 4.87 Å². The van der Waals surface area contributed by atoms with Crippen molar-refractivity contribution in [2.24, 2.45) is 0 Å². The lowest BCUT2D eigenvalue weighted by molar-refractivity contribution is -0.123. The highest BCUT2D eigenvalue weighted by Gasteiger charge is 2.59. The summed E-state index contributed by atoms with van der Waals surface area (Å²) in [5.74, 6) is 1.69. The predicted molar refractivity (Wildman–Crippen MR) is 138 cm³/mol. The highest BCUT2D eigenvalue weighted by Crippen LogP contribution is 2.55. The van der Waals surface area contributed by atoms with Crippen LogP contribution in [0.5, 0.6) is 11.5 Å². The van der Waals surface area contributed by atoms with Gasteiger partial charge in [0.25, 0.3) is 5.91 Å². The molecule has 0 unspecified atom stereocenters. The van der Waals surface area contributed by atoms with Gasteiger partial charge in [0.15, 0.2) is 4.87 Å². The number of amides is 3. The molecule has 1 fully saturated rings. The number of halogens is 1. The largest absolute Gasteiger partial charge is 0.497 e. The number of benzene rings is 3. The standard InChI is InChI=1S/C26H24ClN3O4S/c1-33-19-8-5-7-18(14-19)28-25(32)30-12-13-35-26(30)21-15-20(34-2)10-11-23(21)29(24(26)31)16-17-6-3-4-9-22(17)27/h3-11,14-15H,12-13,16H2,1-2H3,(H,28,32)/t26-/m1/s1. The Morgan fingerprint density at radius 1 is 1.06 bits per heavy atom. The van der Waals surface area contributed by atoms with Gasteiger partial charge in [0, 0.05) is 34.6 Å². The molecule has 5 rings (SSSR count). The summed E-state index contributed by atoms with van der Waals surface area (Å²) in [4.78, 5) is 29.8. The number of carbonyl (C=O) groups excluding carboxylic acids is 2. The van der Waals surface area contributed by atoms with Crippen LogP contribution in [-0.2, 0) is 16.2 Å². The summed E-state index contributed by atoms with van der Waals surface area (Å²) >= 11 is 7.88. The van der Waals surface area contributed by atoms with Crippen LogP contribution in [0.15, 0.2) is 66.7 Å². The molecule has 1 spiro atoms. The molecule has 0 saturated carbocycles. The van der Waals surface area contributed by atoms with Crippen molar-refractivity contribution in [3.8, 4) is 11.5 Å². The second kappa shape index (κ2) is 9.36. The zero-order chi connectivity index (χ0) is 24.6. The monoisotopic (exact) mass is 509 g/mol. The van der Waals surface area contributed by atoms with E-state index in [1.54, 1.807) is 54.4 Å². The Labute approximate surface area is 212 Å². The third kappa shape index (κ3) is 3.96. The van der Waals surface area contributed by atoms with Gasteiger partial charge in [-0.05, 0) is 42.0 Å². The van der Waals surface area contributed by atoms with Crippen LogP contribution in [0.2, 0.25) is 5.02 Å². The molecule has 1 saturated heterocycles. The highest BCUT2D eigenvalue weighted by atomic mass is 35.5. The van der Waals surface area contributed by atoms with Gasteiger partial charge >= 0.3 is 6.03 Å². The van der Waals surface area contributed by atoms with E-state index in [1.807, 2.05) is 36.4 Å². The number of hydrogen-bond donors (Lipinski definition) is 1. The number of urea groups is 1. The Morgan fingerprint density at radius 2 is 1.83 bits per heavy atom. The van der Waals surface area contributed by atoms with Crippen molar-refractivity contribution in [2.75, 3.05) is 36.7 Å². The molecule has 1 N–H and O–H groups in total. The molecule has 3 amide bonds. The summed E-state index contributed by atoms with van der Waals surface area (Å²) in [7, 11) is 3.16. The third-order valence-corrected chi connectivity index (χ3v) is 8.04. The molecule has 2 aliphatic heterocycles. The van der Waals surface area contributed by atoms with Crippen LogP contribution in [0.1, 0.15) is 11.1 Å². The van der Waals surface area contributed by atoms with E-state index >= 15 is 0 Å². The molecule has 0 aromatic heterocycles. The van der Waals surface area contributed by atoms with E-state index in [0.717, 1.165) is 16.8 Å². The van der Waals surface area contributed by atoms with Crippen molar-refractivity contribution >= 4 is 46.7 Å². The van der Waals surface area contributed by atoms with E-state index in [2.05, 4.69) is 5.32 Å². The fraction of sp³-hybridized carbons (Fsp3) is 0.231. The fourth-order valence-electron chi connectivity index (χ4n) is 4.57. The van der Waals surface area contributed by atoms with Gasteiger partial charge in [0.2, 0.25) is 0 Å². The minimum absolute atomic E-state index is 0.177. The Morgan fingerprint density at radius 3 is 2.60 bits per heavy atom. The molecular weight excluding hydrogens is 486 g/mol. The molecule has 3 aromatic rings. The van der Waals surface area contributed by atoms with E-state index in [1.165, 1.54) is 11.8 Å². The number of ether oxygens (including phenoxy) is 2. The van der Waals surface area contributed by atoms with Gasteiger partial charge in [0.1, 0.15) is 11.5 Å². The fourth-order valence-corrected chi connectivity index (χ4v) is 6.21. The normalized spacial score (nSPS) is 18.7. The zero-order valence-electron chi connectivity index (χ0n) is 19.3. The molecule has 0 bridgehead atoms. The summed E-state index contributed by atoms with van der Waals surface area (Å²) in [5, 5.41) is 3.52. The van der Waals surface area contributed by atoms with Crippen molar-refractivity contribution in [3.63, 3.8) is 0 Å². The van der Waals surface area contributed by atoms with Gasteiger partial charge in [-0.3, -0.25) is 9.69 Å². The zero-order valence-corrected chi connectivity index (χ0v) is 20.9. The topological polar surface area (TPSA) is 71.1 Å². The Hall–Kier alpha value is -3.36. The first-order chi connectivity index (χ1) is 17.0. The molecule has 0 aliphatic carbocycles. The number of rotatable bonds is 5. The molecule has 2 aliphatic rings. The van der Waals surface area contributed by atoms with Crippen LogP contribution >= 0.6 is 23.4 Å². The average Bonchev–Trinajstić information content (AvgIpc) is 3.42. The van der Waals surface area contributed by atoms with Crippen molar-refractivity contribution < 1.29 is 19.1 Å². The molecule has 35 heavy (non-hydrogen) atoms. The van der Waals surface area contributed by atoms with Crippen molar-refractivity contribution in [1.82, 2.24) is 4.90 Å². The molecule has 0 radical (unpaired) electrons. The molecular formula is C26H24ClN3O4S. The number of nitrogens with zero attached hydrogens (tertiary/aromatic N) is 2. The first-order valence-electron chi connectivity index (χ1n) is 11.1. The van der Waals surface area contributed by atoms with Gasteiger partial charge in [-0.15, -0.1) is 11.8 Å². The molecule has 180 valence electrons. The summed E-state index contributed by atoms with van der Waals surface area (Å²) in [5.41, 5.74) is 2.89. The molecule has 9 heteroatoms. The van der Waals surface area contributed by atoms with Crippen LogP contribution in [0.25, 0.3) is 0 Å². The van der Waals surface area contributed by atoms with E-state index in [4.69, 9.17) is 21.1 Å². The second-order valence-electron chi connectivity index (χ2n) is 8.17. The minimum Gasteiger partial charge on any atom is -0.497 e. The van der Waals surface area contributed by atoms with Crippen LogP contribution < -0.4 is 19.7 Å². The third-order valence-electron chi connectivity index (χ3n) is 6.25. The second-order valence-corrected chi connectivity index (χ2v) is 9.87. The van der Waals surface area contributed by atoms with Crippen LogP contribution in [0, 0.1) is 0 Å². The smallest absolute Gasteiger partial charge is 0.323 e. The minimum atomic E-state index is -1.20. The maximum absolute atomic E-state index is 14.1. The number of methoxy groups -OCH3 is 2. The van der Waals surface area contributed by atoms with Gasteiger partial charge in [-0.25, -0.2) is 4.79 Å². The number of nitrogens with one attached hydrogen (secondary N) is 1. The lowest BCUT2D eigenvalue weighted by Crippen LogP contribution is -2.51. The molecule has 3 aromatic carbocycles. The SMILES string of the molecule is COc1cccc(NC(=O)N2CCS[C@]23C(=O)N(Cc2ccccc2Cl)c2ccc(OC)cc23)c1. The Kier molecular flexibility index (Phi) is 6.25. The van der Waals surface area contributed by atoms with Crippen LogP contribution in [0.4, 0.5) is 16.2 Å². The number of thioether (sulfide) groups is 1. The maximum atomic E-state index is 14.1. The lowest BCUT2D eigenvalue weighted by Gasteiger charge is -2.33. The molecule has 2 heterocycles. The number of hydrogen-bond acceptors (Lipinski definition) is 5. The molecule has 1 atom stereocenters. The summed E-state index contributed by atoms with van der Waals surface area (Å²) in [6.07, 6.45) is 0. The lowest BCUT2D eigenvalue weighted by atomic mass is 10.1. The average molecular weight is 510 g/mol. The van der Waals surface area contributed by atoms with Gasteiger partial charge in [-0.1, -0.05) is 35.9 Å². The van der Waals surface area contributed by atoms with Crippen molar-refractivity contribution in [2.45, 2.75) is 11.4 Å². The van der Waals surface area contributed by atoms with Gasteiger partial charge < -0.3 is 19.7 Å². The number of anilines is 2. The number of carbonyl (C=O) groups is 2.